The molecule has 0 aromatic carbocycles. The molecular weight excluding hydrogens is 286 g/mol. The third-order valence-corrected chi connectivity index (χ3v) is 6.15. The number of aliphatic hydroxyl groups excluding tert-OH is 1. The van der Waals surface area contributed by atoms with Gasteiger partial charge in [-0.2, -0.15) is 0 Å². The van der Waals surface area contributed by atoms with Gasteiger partial charge in [0.2, 0.25) is 0 Å². The fourth-order valence-corrected chi connectivity index (χ4v) is 4.57. The lowest BCUT2D eigenvalue weighted by atomic mass is 9.58. The van der Waals surface area contributed by atoms with Crippen LogP contribution in [0.3, 0.4) is 0 Å². The molecule has 1 aliphatic carbocycles. The van der Waals surface area contributed by atoms with Crippen LogP contribution >= 0.6 is 11.3 Å². The number of thiophene rings is 1. The van der Waals surface area contributed by atoms with Gasteiger partial charge < -0.3 is 14.7 Å². The van der Waals surface area contributed by atoms with Crippen LogP contribution < -0.4 is 0 Å². The van der Waals surface area contributed by atoms with Crippen molar-refractivity contribution in [2.24, 2.45) is 5.41 Å². The van der Waals surface area contributed by atoms with Crippen molar-refractivity contribution in [2.75, 3.05) is 19.7 Å². The highest BCUT2D eigenvalue weighted by molar-refractivity contribution is 7.12. The number of nitrogens with zero attached hydrogens (tertiary/aromatic N) is 1. The molecule has 1 aromatic heterocycles. The first-order valence-corrected chi connectivity index (χ1v) is 8.59. The molecule has 1 spiro atoms. The Kier molecular flexibility index (Phi) is 4.08. The zero-order valence-corrected chi connectivity index (χ0v) is 13.5. The Hall–Kier alpha value is -0.910. The van der Waals surface area contributed by atoms with E-state index >= 15 is 0 Å². The van der Waals surface area contributed by atoms with Crippen LogP contribution in [0.4, 0.5) is 0 Å². The van der Waals surface area contributed by atoms with Gasteiger partial charge in [0.15, 0.2) is 0 Å². The van der Waals surface area contributed by atoms with Gasteiger partial charge in [0.1, 0.15) is 0 Å². The molecule has 21 heavy (non-hydrogen) atoms. The number of carbonyl (C=O) groups excluding carboxylic acids is 1. The minimum absolute atomic E-state index is 0.114. The van der Waals surface area contributed by atoms with Crippen LogP contribution in [0.5, 0.6) is 0 Å². The van der Waals surface area contributed by atoms with Gasteiger partial charge in [-0.25, -0.2) is 0 Å². The molecule has 2 fully saturated rings. The summed E-state index contributed by atoms with van der Waals surface area (Å²) in [6, 6.07) is 1.99. The van der Waals surface area contributed by atoms with E-state index < -0.39 is 0 Å². The highest BCUT2D eigenvalue weighted by Crippen LogP contribution is 2.51. The third kappa shape index (κ3) is 2.41. The zero-order valence-electron chi connectivity index (χ0n) is 12.7. The molecular formula is C16H23NO3S. The number of rotatable bonds is 3. The number of ether oxygens (including phenoxy) is 1. The highest BCUT2D eigenvalue weighted by Gasteiger charge is 2.56. The molecule has 5 heteroatoms. The lowest BCUT2D eigenvalue weighted by molar-refractivity contribution is -0.207. The fourth-order valence-electron chi connectivity index (χ4n) is 3.68. The molecule has 0 bridgehead atoms. The molecule has 4 nitrogen and oxygen atoms in total. The quantitative estimate of drug-likeness (QED) is 0.933. The number of hydrogen-bond donors (Lipinski definition) is 1. The van der Waals surface area contributed by atoms with Crippen LogP contribution in [0, 0.1) is 12.3 Å². The Bertz CT molecular complexity index is 517. The van der Waals surface area contributed by atoms with Crippen molar-refractivity contribution in [3.63, 3.8) is 0 Å². The Balaban J connectivity index is 1.65. The molecule has 0 radical (unpaired) electrons. The van der Waals surface area contributed by atoms with Crippen LogP contribution in [0.2, 0.25) is 0 Å². The van der Waals surface area contributed by atoms with E-state index in [-0.39, 0.29) is 23.5 Å². The topological polar surface area (TPSA) is 49.8 Å². The van der Waals surface area contributed by atoms with E-state index in [4.69, 9.17) is 4.74 Å². The van der Waals surface area contributed by atoms with Gasteiger partial charge in [-0.1, -0.05) is 0 Å². The Morgan fingerprint density at radius 2 is 2.24 bits per heavy atom. The molecule has 2 heterocycles. The van der Waals surface area contributed by atoms with Crippen molar-refractivity contribution >= 4 is 17.2 Å². The second-order valence-electron chi connectivity index (χ2n) is 6.15. The summed E-state index contributed by atoms with van der Waals surface area (Å²) in [6.45, 7) is 6.11. The van der Waals surface area contributed by atoms with Gasteiger partial charge in [-0.15, -0.1) is 11.3 Å². The van der Waals surface area contributed by atoms with Crippen LogP contribution in [0.1, 0.15) is 41.4 Å². The van der Waals surface area contributed by atoms with Gasteiger partial charge in [0, 0.05) is 31.5 Å². The molecule has 1 saturated carbocycles. The summed E-state index contributed by atoms with van der Waals surface area (Å²) in [5, 5.41) is 12.2. The average Bonchev–Trinajstić information content (AvgIpc) is 2.92. The SMILES string of the molecule is CCO[C@@H]1C[C@@H](O)C12CCN(C(=O)c1sccc1C)CC2. The van der Waals surface area contributed by atoms with Crippen LogP contribution in [0.25, 0.3) is 0 Å². The second kappa shape index (κ2) is 5.71. The Morgan fingerprint density at radius 1 is 1.52 bits per heavy atom. The molecule has 2 aliphatic rings. The zero-order chi connectivity index (χ0) is 15.0. The van der Waals surface area contributed by atoms with E-state index in [9.17, 15) is 9.90 Å². The van der Waals surface area contributed by atoms with Gasteiger partial charge in [-0.05, 0) is 43.7 Å². The van der Waals surface area contributed by atoms with Gasteiger partial charge in [0.05, 0.1) is 17.1 Å². The molecule has 1 N–H and O–H groups in total. The molecule has 1 amide bonds. The second-order valence-corrected chi connectivity index (χ2v) is 7.07. The van der Waals surface area contributed by atoms with Crippen LogP contribution in [0.15, 0.2) is 11.4 Å². The summed E-state index contributed by atoms with van der Waals surface area (Å²) < 4.78 is 5.77. The van der Waals surface area contributed by atoms with E-state index in [1.807, 2.05) is 30.2 Å². The number of aryl methyl sites for hydroxylation is 1. The summed E-state index contributed by atoms with van der Waals surface area (Å²) in [5.41, 5.74) is 0.943. The van der Waals surface area contributed by atoms with Crippen LogP contribution in [-0.4, -0.2) is 47.8 Å². The number of likely N-dealkylation sites (tertiary alicyclic amines) is 1. The lowest BCUT2D eigenvalue weighted by Crippen LogP contribution is -2.62. The first kappa shape index (κ1) is 15.0. The van der Waals surface area contributed by atoms with Crippen LogP contribution in [-0.2, 0) is 4.74 Å². The van der Waals surface area contributed by atoms with E-state index in [0.717, 1.165) is 42.8 Å². The molecule has 0 unspecified atom stereocenters. The maximum absolute atomic E-state index is 12.5. The number of hydrogen-bond acceptors (Lipinski definition) is 4. The largest absolute Gasteiger partial charge is 0.392 e. The molecule has 1 saturated heterocycles. The highest BCUT2D eigenvalue weighted by atomic mass is 32.1. The first-order valence-electron chi connectivity index (χ1n) is 7.71. The Labute approximate surface area is 129 Å². The molecule has 1 aliphatic heterocycles. The summed E-state index contributed by atoms with van der Waals surface area (Å²) >= 11 is 1.51. The van der Waals surface area contributed by atoms with Crippen molar-refractivity contribution in [2.45, 2.75) is 45.3 Å². The maximum atomic E-state index is 12.5. The first-order chi connectivity index (χ1) is 10.1. The van der Waals surface area contributed by atoms with Gasteiger partial charge >= 0.3 is 0 Å². The number of amides is 1. The van der Waals surface area contributed by atoms with Crippen molar-refractivity contribution in [3.05, 3.63) is 21.9 Å². The van der Waals surface area contributed by atoms with Gasteiger partial charge in [0.25, 0.3) is 5.91 Å². The fraction of sp³-hybridized carbons (Fsp3) is 0.688. The lowest BCUT2D eigenvalue weighted by Gasteiger charge is -2.56. The van der Waals surface area contributed by atoms with E-state index in [2.05, 4.69) is 0 Å². The molecule has 2 atom stereocenters. The smallest absolute Gasteiger partial charge is 0.264 e. The number of carbonyl (C=O) groups is 1. The van der Waals surface area contributed by atoms with Crippen molar-refractivity contribution in [1.29, 1.82) is 0 Å². The van der Waals surface area contributed by atoms with Crippen molar-refractivity contribution in [1.82, 2.24) is 4.90 Å². The summed E-state index contributed by atoms with van der Waals surface area (Å²) in [5.74, 6) is 0.138. The predicted molar refractivity (Wildman–Crippen MR) is 82.7 cm³/mol. The summed E-state index contributed by atoms with van der Waals surface area (Å²) in [6.07, 6.45) is 2.32. The normalized spacial score (nSPS) is 27.7. The molecule has 116 valence electrons. The predicted octanol–water partition coefficient (Wildman–Crippen LogP) is 2.45. The number of piperidine rings is 1. The Morgan fingerprint density at radius 3 is 2.76 bits per heavy atom. The third-order valence-electron chi connectivity index (χ3n) is 5.15. The van der Waals surface area contributed by atoms with E-state index in [0.29, 0.717) is 6.61 Å². The minimum Gasteiger partial charge on any atom is -0.392 e. The maximum Gasteiger partial charge on any atom is 0.264 e. The standard InChI is InChI=1S/C16H23NO3S/c1-3-20-13-10-12(18)16(13)5-7-17(8-6-16)15(19)14-11(2)4-9-21-14/h4,9,12-13,18H,3,5-8,10H2,1-2H3/t12-,13-/m1/s1. The summed E-state index contributed by atoms with van der Waals surface area (Å²) in [4.78, 5) is 15.3. The molecule has 3 rings (SSSR count). The van der Waals surface area contributed by atoms with E-state index in [1.54, 1.807) is 0 Å². The molecule has 1 aromatic rings. The van der Waals surface area contributed by atoms with Crippen molar-refractivity contribution < 1.29 is 14.6 Å². The van der Waals surface area contributed by atoms with Gasteiger partial charge in [-0.3, -0.25) is 4.79 Å². The minimum atomic E-state index is -0.269. The monoisotopic (exact) mass is 309 g/mol. The van der Waals surface area contributed by atoms with E-state index in [1.165, 1.54) is 11.3 Å². The summed E-state index contributed by atoms with van der Waals surface area (Å²) in [7, 11) is 0. The number of aliphatic hydroxyl groups is 1. The van der Waals surface area contributed by atoms with Crippen molar-refractivity contribution in [3.8, 4) is 0 Å². The average molecular weight is 309 g/mol.